The van der Waals surface area contributed by atoms with Gasteiger partial charge in [0.15, 0.2) is 0 Å². The van der Waals surface area contributed by atoms with Gasteiger partial charge in [-0.15, -0.1) is 0 Å². The van der Waals surface area contributed by atoms with Gasteiger partial charge in [-0.25, -0.2) is 4.98 Å². The SMILES string of the molecule is O=C(Nc1ccc(N2CCCC2)cc1)c1cccc(C(=O)N2CCCCC2)n1. The lowest BCUT2D eigenvalue weighted by molar-refractivity contribution is 0.0718. The highest BCUT2D eigenvalue weighted by molar-refractivity contribution is 6.04. The molecule has 0 spiro atoms. The molecule has 2 aliphatic rings. The normalized spacial score (nSPS) is 16.9. The standard InChI is InChI=1S/C22H26N4O2/c27-21(23-17-9-11-18(12-10-17)25-13-4-5-14-25)19-7-6-8-20(24-19)22(28)26-15-2-1-3-16-26/h6-12H,1-5,13-16H2,(H,23,27). The topological polar surface area (TPSA) is 65.5 Å². The van der Waals surface area contributed by atoms with Crippen LogP contribution in [0.2, 0.25) is 0 Å². The Labute approximate surface area is 165 Å². The van der Waals surface area contributed by atoms with Gasteiger partial charge < -0.3 is 15.1 Å². The molecule has 0 unspecified atom stereocenters. The summed E-state index contributed by atoms with van der Waals surface area (Å²) >= 11 is 0. The second-order valence-corrected chi connectivity index (χ2v) is 7.46. The molecular weight excluding hydrogens is 352 g/mol. The van der Waals surface area contributed by atoms with Gasteiger partial charge in [0.2, 0.25) is 0 Å². The first-order chi connectivity index (χ1) is 13.7. The van der Waals surface area contributed by atoms with E-state index in [0.29, 0.717) is 5.69 Å². The maximum atomic E-state index is 12.6. The number of hydrogen-bond acceptors (Lipinski definition) is 4. The summed E-state index contributed by atoms with van der Waals surface area (Å²) in [5, 5.41) is 2.88. The second-order valence-electron chi connectivity index (χ2n) is 7.46. The van der Waals surface area contributed by atoms with Crippen LogP contribution in [0.4, 0.5) is 11.4 Å². The Balaban J connectivity index is 1.42. The summed E-state index contributed by atoms with van der Waals surface area (Å²) in [6.45, 7) is 3.71. The molecule has 6 heteroatoms. The number of nitrogens with one attached hydrogen (secondary N) is 1. The number of carbonyl (C=O) groups excluding carboxylic acids is 2. The van der Waals surface area contributed by atoms with Crippen LogP contribution in [0.1, 0.15) is 53.1 Å². The first-order valence-corrected chi connectivity index (χ1v) is 10.1. The second kappa shape index (κ2) is 8.42. The van der Waals surface area contributed by atoms with Gasteiger partial charge in [0, 0.05) is 37.6 Å². The summed E-state index contributed by atoms with van der Waals surface area (Å²) in [7, 11) is 0. The van der Waals surface area contributed by atoms with Gasteiger partial charge in [-0.1, -0.05) is 6.07 Å². The van der Waals surface area contributed by atoms with Crippen molar-refractivity contribution in [3.63, 3.8) is 0 Å². The highest BCUT2D eigenvalue weighted by atomic mass is 16.2. The number of aromatic nitrogens is 1. The van der Waals surface area contributed by atoms with E-state index in [-0.39, 0.29) is 17.5 Å². The van der Waals surface area contributed by atoms with E-state index in [2.05, 4.69) is 15.2 Å². The summed E-state index contributed by atoms with van der Waals surface area (Å²) in [5.41, 5.74) is 2.50. The summed E-state index contributed by atoms with van der Waals surface area (Å²) in [5.74, 6) is -0.397. The number of pyridine rings is 1. The molecule has 28 heavy (non-hydrogen) atoms. The number of amides is 2. The van der Waals surface area contributed by atoms with Crippen molar-refractivity contribution in [1.82, 2.24) is 9.88 Å². The molecule has 3 heterocycles. The fraction of sp³-hybridized carbons (Fsp3) is 0.409. The van der Waals surface area contributed by atoms with Crippen LogP contribution >= 0.6 is 0 Å². The van der Waals surface area contributed by atoms with Crippen molar-refractivity contribution >= 4 is 23.2 Å². The molecule has 0 bridgehead atoms. The first-order valence-electron chi connectivity index (χ1n) is 10.1. The van der Waals surface area contributed by atoms with Crippen molar-refractivity contribution in [1.29, 1.82) is 0 Å². The van der Waals surface area contributed by atoms with Crippen LogP contribution in [0.25, 0.3) is 0 Å². The quantitative estimate of drug-likeness (QED) is 0.883. The van der Waals surface area contributed by atoms with Gasteiger partial charge in [0.25, 0.3) is 11.8 Å². The van der Waals surface area contributed by atoms with Crippen LogP contribution in [0.5, 0.6) is 0 Å². The summed E-state index contributed by atoms with van der Waals surface area (Å²) in [4.78, 5) is 33.7. The number of anilines is 2. The van der Waals surface area contributed by atoms with Gasteiger partial charge in [0.1, 0.15) is 11.4 Å². The molecule has 2 aromatic rings. The molecule has 0 saturated carbocycles. The van der Waals surface area contributed by atoms with E-state index >= 15 is 0 Å². The average molecular weight is 378 g/mol. The van der Waals surface area contributed by atoms with Crippen molar-refractivity contribution in [2.24, 2.45) is 0 Å². The van der Waals surface area contributed by atoms with Gasteiger partial charge >= 0.3 is 0 Å². The van der Waals surface area contributed by atoms with E-state index in [1.54, 1.807) is 18.2 Å². The zero-order valence-corrected chi connectivity index (χ0v) is 16.1. The number of hydrogen-bond donors (Lipinski definition) is 1. The van der Waals surface area contributed by atoms with Gasteiger partial charge in [0.05, 0.1) is 0 Å². The minimum Gasteiger partial charge on any atom is -0.372 e. The van der Waals surface area contributed by atoms with Crippen molar-refractivity contribution in [3.8, 4) is 0 Å². The molecule has 1 aromatic carbocycles. The summed E-state index contributed by atoms with van der Waals surface area (Å²) < 4.78 is 0. The molecule has 2 fully saturated rings. The van der Waals surface area contributed by atoms with Crippen LogP contribution in [-0.4, -0.2) is 47.9 Å². The molecule has 0 aliphatic carbocycles. The van der Waals surface area contributed by atoms with Gasteiger partial charge in [-0.05, 0) is 68.5 Å². The molecule has 1 N–H and O–H groups in total. The average Bonchev–Trinajstić information content (AvgIpc) is 3.29. The van der Waals surface area contributed by atoms with Crippen molar-refractivity contribution in [3.05, 3.63) is 53.9 Å². The monoisotopic (exact) mass is 378 g/mol. The Hall–Kier alpha value is -2.89. The zero-order valence-electron chi connectivity index (χ0n) is 16.1. The maximum Gasteiger partial charge on any atom is 0.274 e. The highest BCUT2D eigenvalue weighted by Gasteiger charge is 2.20. The van der Waals surface area contributed by atoms with Crippen LogP contribution in [0.15, 0.2) is 42.5 Å². The highest BCUT2D eigenvalue weighted by Crippen LogP contribution is 2.22. The Morgan fingerprint density at radius 1 is 0.786 bits per heavy atom. The third-order valence-electron chi connectivity index (χ3n) is 5.44. The molecule has 6 nitrogen and oxygen atoms in total. The molecule has 2 saturated heterocycles. The van der Waals surface area contributed by atoms with Crippen molar-refractivity contribution in [2.75, 3.05) is 36.4 Å². The number of nitrogens with zero attached hydrogens (tertiary/aromatic N) is 3. The lowest BCUT2D eigenvalue weighted by atomic mass is 10.1. The van der Waals surface area contributed by atoms with Crippen LogP contribution in [-0.2, 0) is 0 Å². The first kappa shape index (κ1) is 18.5. The Morgan fingerprint density at radius 2 is 1.43 bits per heavy atom. The number of piperidine rings is 1. The fourth-order valence-corrected chi connectivity index (χ4v) is 3.87. The number of rotatable bonds is 4. The predicted molar refractivity (Wildman–Crippen MR) is 110 cm³/mol. The van der Waals surface area contributed by atoms with Crippen LogP contribution in [0, 0.1) is 0 Å². The molecule has 1 aromatic heterocycles. The Morgan fingerprint density at radius 3 is 2.14 bits per heavy atom. The lowest BCUT2D eigenvalue weighted by Gasteiger charge is -2.26. The van der Waals surface area contributed by atoms with Crippen molar-refractivity contribution in [2.45, 2.75) is 32.1 Å². The van der Waals surface area contributed by atoms with Crippen molar-refractivity contribution < 1.29 is 9.59 Å². The molecule has 0 radical (unpaired) electrons. The Bertz CT molecular complexity index is 838. The predicted octanol–water partition coefficient (Wildman–Crippen LogP) is 3.56. The zero-order chi connectivity index (χ0) is 19.3. The van der Waals surface area contributed by atoms with E-state index < -0.39 is 0 Å². The number of likely N-dealkylation sites (tertiary alicyclic amines) is 1. The molecule has 0 atom stereocenters. The van der Waals surface area contributed by atoms with E-state index in [1.807, 2.05) is 29.2 Å². The van der Waals surface area contributed by atoms with E-state index in [4.69, 9.17) is 0 Å². The molecular formula is C22H26N4O2. The summed E-state index contributed by atoms with van der Waals surface area (Å²) in [6.07, 6.45) is 5.68. The van der Waals surface area contributed by atoms with E-state index in [1.165, 1.54) is 18.5 Å². The molecule has 146 valence electrons. The fourth-order valence-electron chi connectivity index (χ4n) is 3.87. The molecule has 4 rings (SSSR count). The smallest absolute Gasteiger partial charge is 0.274 e. The lowest BCUT2D eigenvalue weighted by Crippen LogP contribution is -2.36. The number of carbonyl (C=O) groups is 2. The number of benzene rings is 1. The Kier molecular flexibility index (Phi) is 5.55. The summed E-state index contributed by atoms with van der Waals surface area (Å²) in [6, 6.07) is 12.9. The largest absolute Gasteiger partial charge is 0.372 e. The van der Waals surface area contributed by atoms with Gasteiger partial charge in [-0.3, -0.25) is 9.59 Å². The molecule has 2 amide bonds. The third-order valence-corrected chi connectivity index (χ3v) is 5.44. The van der Waals surface area contributed by atoms with E-state index in [0.717, 1.165) is 51.1 Å². The van der Waals surface area contributed by atoms with Crippen LogP contribution < -0.4 is 10.2 Å². The third kappa shape index (κ3) is 4.16. The van der Waals surface area contributed by atoms with E-state index in [9.17, 15) is 9.59 Å². The van der Waals surface area contributed by atoms with Crippen LogP contribution in [0.3, 0.4) is 0 Å². The molecule has 2 aliphatic heterocycles. The van der Waals surface area contributed by atoms with Gasteiger partial charge in [-0.2, -0.15) is 0 Å². The minimum absolute atomic E-state index is 0.0932. The minimum atomic E-state index is -0.304. The maximum absolute atomic E-state index is 12.6.